The molecule has 1 aliphatic heterocycles. The van der Waals surface area contributed by atoms with E-state index in [1.54, 1.807) is 20.8 Å². The molecule has 0 unspecified atom stereocenters. The molecule has 3 N–H and O–H groups in total. The van der Waals surface area contributed by atoms with Crippen LogP contribution in [-0.2, 0) is 57.2 Å². The molecular weight excluding hydrogens is 550 g/mol. The first-order chi connectivity index (χ1) is 18.9. The van der Waals surface area contributed by atoms with Crippen molar-refractivity contribution < 1.29 is 62.0 Å². The average molecular weight is 588 g/mol. The number of hydrogen-bond donors (Lipinski definition) is 3. The van der Waals surface area contributed by atoms with Crippen LogP contribution in [-0.4, -0.2) is 98.0 Å². The lowest BCUT2D eigenvalue weighted by atomic mass is 9.91. The van der Waals surface area contributed by atoms with Crippen molar-refractivity contribution in [2.75, 3.05) is 20.3 Å². The minimum Gasteiger partial charge on any atom is -0.477 e. The maximum Gasteiger partial charge on any atom is 0.408 e. The Morgan fingerprint density at radius 3 is 2.02 bits per heavy atom. The number of methoxy groups -OCH3 is 1. The number of ether oxygens (including phenoxy) is 6. The number of amides is 3. The maximum absolute atomic E-state index is 12.8. The van der Waals surface area contributed by atoms with Gasteiger partial charge in [-0.3, -0.25) is 24.0 Å². The largest absolute Gasteiger partial charge is 0.477 e. The SMILES string of the molecule is COC(=O)C1=C[C@H](NC(=O)CNC(=O)OC(C)(C)C)[C@@H](NC(C)=O)[C@H]([C@H](OC(C)=O)[C@@H](COC(C)=O)OC(C)=O)O1. The van der Waals surface area contributed by atoms with Crippen LogP contribution < -0.4 is 16.0 Å². The van der Waals surface area contributed by atoms with Crippen molar-refractivity contribution in [1.29, 1.82) is 0 Å². The molecular formula is C25H37N3O13. The summed E-state index contributed by atoms with van der Waals surface area (Å²) < 4.78 is 31.2. The van der Waals surface area contributed by atoms with Gasteiger partial charge in [0.15, 0.2) is 18.3 Å². The number of alkyl carbamates (subject to hydrolysis) is 1. The van der Waals surface area contributed by atoms with Gasteiger partial charge in [0.1, 0.15) is 18.8 Å². The molecule has 230 valence electrons. The highest BCUT2D eigenvalue weighted by Gasteiger charge is 2.48. The lowest BCUT2D eigenvalue weighted by Crippen LogP contribution is -2.65. The van der Waals surface area contributed by atoms with Crippen LogP contribution in [0.1, 0.15) is 48.5 Å². The molecule has 0 saturated carbocycles. The zero-order chi connectivity index (χ0) is 31.5. The minimum absolute atomic E-state index is 0.448. The van der Waals surface area contributed by atoms with E-state index in [4.69, 9.17) is 28.4 Å². The number of carbonyl (C=O) groups is 7. The van der Waals surface area contributed by atoms with E-state index < -0.39 is 96.7 Å². The van der Waals surface area contributed by atoms with Gasteiger partial charge >= 0.3 is 30.0 Å². The molecule has 0 bridgehead atoms. The van der Waals surface area contributed by atoms with Crippen molar-refractivity contribution in [2.45, 2.75) is 84.5 Å². The topological polar surface area (TPSA) is 211 Å². The van der Waals surface area contributed by atoms with Crippen molar-refractivity contribution in [3.63, 3.8) is 0 Å². The van der Waals surface area contributed by atoms with E-state index in [0.29, 0.717) is 0 Å². The highest BCUT2D eigenvalue weighted by Crippen LogP contribution is 2.27. The van der Waals surface area contributed by atoms with Crippen molar-refractivity contribution in [3.05, 3.63) is 11.8 Å². The van der Waals surface area contributed by atoms with Crippen LogP contribution in [0.15, 0.2) is 11.8 Å². The summed E-state index contributed by atoms with van der Waals surface area (Å²) in [6, 6.07) is -2.48. The minimum atomic E-state index is -1.58. The second kappa shape index (κ2) is 15.4. The first-order valence-electron chi connectivity index (χ1n) is 12.4. The number of esters is 4. The molecule has 16 heteroatoms. The summed E-state index contributed by atoms with van der Waals surface area (Å²) in [4.78, 5) is 84.9. The van der Waals surface area contributed by atoms with E-state index in [0.717, 1.165) is 40.9 Å². The van der Waals surface area contributed by atoms with Gasteiger partial charge in [0.2, 0.25) is 17.6 Å². The van der Waals surface area contributed by atoms with Gasteiger partial charge in [-0.15, -0.1) is 0 Å². The summed E-state index contributed by atoms with van der Waals surface area (Å²) in [7, 11) is 1.06. The Hall–Kier alpha value is -4.37. The fourth-order valence-corrected chi connectivity index (χ4v) is 3.61. The Morgan fingerprint density at radius 2 is 1.54 bits per heavy atom. The van der Waals surface area contributed by atoms with E-state index in [1.165, 1.54) is 0 Å². The van der Waals surface area contributed by atoms with Gasteiger partial charge in [0.25, 0.3) is 0 Å². The molecule has 0 fully saturated rings. The molecule has 0 spiro atoms. The highest BCUT2D eigenvalue weighted by atomic mass is 16.6. The van der Waals surface area contributed by atoms with Gasteiger partial charge in [-0.2, -0.15) is 0 Å². The Morgan fingerprint density at radius 1 is 0.927 bits per heavy atom. The van der Waals surface area contributed by atoms with Crippen molar-refractivity contribution in [3.8, 4) is 0 Å². The van der Waals surface area contributed by atoms with Crippen molar-refractivity contribution in [1.82, 2.24) is 16.0 Å². The maximum atomic E-state index is 12.8. The normalized spacial score (nSPS) is 19.5. The fourth-order valence-electron chi connectivity index (χ4n) is 3.61. The molecule has 1 aliphatic rings. The molecule has 0 aromatic rings. The molecule has 16 nitrogen and oxygen atoms in total. The first kappa shape index (κ1) is 34.7. The third-order valence-corrected chi connectivity index (χ3v) is 4.97. The molecule has 1 heterocycles. The number of nitrogens with one attached hydrogen (secondary N) is 3. The molecule has 0 aromatic carbocycles. The smallest absolute Gasteiger partial charge is 0.408 e. The van der Waals surface area contributed by atoms with Crippen LogP contribution in [0.5, 0.6) is 0 Å². The third kappa shape index (κ3) is 12.6. The molecule has 0 aliphatic carbocycles. The van der Waals surface area contributed by atoms with Crippen molar-refractivity contribution in [2.24, 2.45) is 0 Å². The lowest BCUT2D eigenvalue weighted by molar-refractivity contribution is -0.188. The Labute approximate surface area is 236 Å². The monoisotopic (exact) mass is 587 g/mol. The van der Waals surface area contributed by atoms with Gasteiger partial charge in [-0.25, -0.2) is 9.59 Å². The molecule has 0 aromatic heterocycles. The van der Waals surface area contributed by atoms with Gasteiger partial charge < -0.3 is 44.4 Å². The second-order valence-electron chi connectivity index (χ2n) is 9.80. The standard InChI is InChI=1S/C25H37N3O13/c1-12(29)27-20-16(28-19(33)10-26-24(35)41-25(5,6)7)9-17(23(34)36-8)40-22(20)21(39-15(4)32)18(38-14(3)31)11-37-13(2)30/h9,16,18,20-22H,10-11H2,1-8H3,(H,26,35)(H,27,29)(H,28,33)/t16-,18+,20+,21+,22+/m0/s1. The third-order valence-electron chi connectivity index (χ3n) is 4.97. The van der Waals surface area contributed by atoms with E-state index in [-0.39, 0.29) is 0 Å². The second-order valence-corrected chi connectivity index (χ2v) is 9.80. The van der Waals surface area contributed by atoms with Gasteiger partial charge in [-0.1, -0.05) is 0 Å². The fraction of sp³-hybridized carbons (Fsp3) is 0.640. The zero-order valence-corrected chi connectivity index (χ0v) is 24.2. The Bertz CT molecular complexity index is 1050. The van der Waals surface area contributed by atoms with Crippen LogP contribution >= 0.6 is 0 Å². The number of carbonyl (C=O) groups excluding carboxylic acids is 7. The summed E-state index contributed by atoms with van der Waals surface area (Å²) in [6.07, 6.45) is -4.28. The van der Waals surface area contributed by atoms with E-state index in [1.807, 2.05) is 0 Å². The summed E-state index contributed by atoms with van der Waals surface area (Å²) in [5.41, 5.74) is -0.820. The van der Waals surface area contributed by atoms with E-state index in [2.05, 4.69) is 16.0 Å². The van der Waals surface area contributed by atoms with Gasteiger partial charge in [-0.05, 0) is 26.8 Å². The molecule has 1 rings (SSSR count). The molecule has 0 radical (unpaired) electrons. The quantitative estimate of drug-likeness (QED) is 0.203. The predicted octanol–water partition coefficient (Wildman–Crippen LogP) is -0.617. The zero-order valence-electron chi connectivity index (χ0n) is 24.2. The highest BCUT2D eigenvalue weighted by molar-refractivity contribution is 5.87. The van der Waals surface area contributed by atoms with Gasteiger partial charge in [0.05, 0.1) is 19.2 Å². The van der Waals surface area contributed by atoms with Crippen LogP contribution in [0, 0.1) is 0 Å². The van der Waals surface area contributed by atoms with Crippen LogP contribution in [0.3, 0.4) is 0 Å². The molecule has 41 heavy (non-hydrogen) atoms. The molecule has 3 amide bonds. The Balaban J connectivity index is 3.50. The van der Waals surface area contributed by atoms with E-state index >= 15 is 0 Å². The summed E-state index contributed by atoms with van der Waals surface area (Å²) in [5, 5.41) is 7.39. The Kier molecular flexibility index (Phi) is 13.0. The van der Waals surface area contributed by atoms with E-state index in [9.17, 15) is 33.6 Å². The van der Waals surface area contributed by atoms with Crippen LogP contribution in [0.25, 0.3) is 0 Å². The first-order valence-corrected chi connectivity index (χ1v) is 12.4. The van der Waals surface area contributed by atoms with Crippen molar-refractivity contribution >= 4 is 41.8 Å². The number of rotatable bonds is 11. The summed E-state index contributed by atoms with van der Waals surface area (Å²) >= 11 is 0. The van der Waals surface area contributed by atoms with Gasteiger partial charge in [0, 0.05) is 27.7 Å². The molecule has 5 atom stereocenters. The van der Waals surface area contributed by atoms with Crippen LogP contribution in [0.2, 0.25) is 0 Å². The summed E-state index contributed by atoms with van der Waals surface area (Å²) in [5.74, 6) is -5.29. The lowest BCUT2D eigenvalue weighted by Gasteiger charge is -2.42. The molecule has 0 saturated heterocycles. The summed E-state index contributed by atoms with van der Waals surface area (Å²) in [6.45, 7) is 8.11. The number of hydrogen-bond acceptors (Lipinski definition) is 13. The average Bonchev–Trinajstić information content (AvgIpc) is 2.82. The van der Waals surface area contributed by atoms with Crippen LogP contribution in [0.4, 0.5) is 4.79 Å². The predicted molar refractivity (Wildman–Crippen MR) is 136 cm³/mol.